The Morgan fingerprint density at radius 1 is 1.00 bits per heavy atom. The number of benzene rings is 2. The van der Waals surface area contributed by atoms with Crippen LogP contribution in [0.1, 0.15) is 17.3 Å². The lowest BCUT2D eigenvalue weighted by molar-refractivity contribution is -0.132. The Morgan fingerprint density at radius 3 is 2.34 bits per heavy atom. The van der Waals surface area contributed by atoms with Crippen LogP contribution in [0, 0.1) is 5.82 Å². The molecule has 0 aliphatic carbocycles. The molecule has 8 heteroatoms. The van der Waals surface area contributed by atoms with Gasteiger partial charge in [0, 0.05) is 17.4 Å². The molecule has 32 heavy (non-hydrogen) atoms. The van der Waals surface area contributed by atoms with E-state index in [0.29, 0.717) is 22.9 Å². The van der Waals surface area contributed by atoms with Crippen molar-refractivity contribution in [3.05, 3.63) is 89.5 Å². The lowest BCUT2D eigenvalue weighted by Gasteiger charge is -2.24. The second kappa shape index (κ2) is 8.50. The van der Waals surface area contributed by atoms with E-state index >= 15 is 0 Å². The Balaban J connectivity index is 1.92. The minimum atomic E-state index is -1.00. The number of hydrogen-bond acceptors (Lipinski definition) is 6. The van der Waals surface area contributed by atoms with Crippen molar-refractivity contribution in [1.82, 2.24) is 4.98 Å². The summed E-state index contributed by atoms with van der Waals surface area (Å²) in [5.74, 6) is -1.81. The van der Waals surface area contributed by atoms with Crippen LogP contribution in [0.3, 0.4) is 0 Å². The molecule has 3 aromatic rings. The summed E-state index contributed by atoms with van der Waals surface area (Å²) < 4.78 is 24.0. The van der Waals surface area contributed by atoms with Gasteiger partial charge in [0.05, 0.1) is 25.5 Å². The highest BCUT2D eigenvalue weighted by atomic mass is 19.1. The first-order chi connectivity index (χ1) is 15.5. The summed E-state index contributed by atoms with van der Waals surface area (Å²) >= 11 is 0. The number of methoxy groups -OCH3 is 2. The summed E-state index contributed by atoms with van der Waals surface area (Å²) in [7, 11) is 2.93. The number of anilines is 1. The molecule has 2 heterocycles. The highest BCUT2D eigenvalue weighted by Crippen LogP contribution is 2.42. The number of carbonyl (C=O) groups excluding carboxylic acids is 2. The molecule has 1 atom stereocenters. The van der Waals surface area contributed by atoms with Gasteiger partial charge in [0.1, 0.15) is 17.6 Å². The minimum absolute atomic E-state index is 0.134. The van der Waals surface area contributed by atoms with Gasteiger partial charge < -0.3 is 14.6 Å². The van der Waals surface area contributed by atoms with Crippen molar-refractivity contribution in [2.45, 2.75) is 6.04 Å². The maximum atomic E-state index is 13.5. The predicted molar refractivity (Wildman–Crippen MR) is 115 cm³/mol. The number of amides is 1. The van der Waals surface area contributed by atoms with E-state index in [9.17, 15) is 19.1 Å². The number of nitrogens with zero attached hydrogens (tertiary/aromatic N) is 2. The van der Waals surface area contributed by atoms with Gasteiger partial charge in [0.2, 0.25) is 0 Å². The zero-order chi connectivity index (χ0) is 22.8. The van der Waals surface area contributed by atoms with Gasteiger partial charge in [-0.25, -0.2) is 4.39 Å². The number of ether oxygens (including phenoxy) is 2. The number of hydrogen-bond donors (Lipinski definition) is 1. The molecule has 1 unspecified atom stereocenters. The molecule has 0 spiro atoms. The first-order valence-corrected chi connectivity index (χ1v) is 9.66. The summed E-state index contributed by atoms with van der Waals surface area (Å²) in [4.78, 5) is 31.6. The van der Waals surface area contributed by atoms with Crippen LogP contribution in [0.5, 0.6) is 11.5 Å². The second-order valence-electron chi connectivity index (χ2n) is 6.97. The number of aromatic nitrogens is 1. The number of carbonyl (C=O) groups is 2. The number of halogens is 1. The Bertz CT molecular complexity index is 1210. The van der Waals surface area contributed by atoms with E-state index in [1.807, 2.05) is 0 Å². The summed E-state index contributed by atoms with van der Waals surface area (Å²) in [6.45, 7) is 0. The van der Waals surface area contributed by atoms with Gasteiger partial charge in [-0.1, -0.05) is 6.07 Å². The minimum Gasteiger partial charge on any atom is -0.507 e. The highest BCUT2D eigenvalue weighted by Gasteiger charge is 2.47. The molecule has 1 aliphatic heterocycles. The van der Waals surface area contributed by atoms with E-state index in [2.05, 4.69) is 4.98 Å². The number of rotatable bonds is 5. The van der Waals surface area contributed by atoms with Gasteiger partial charge in [-0.2, -0.15) is 0 Å². The zero-order valence-corrected chi connectivity index (χ0v) is 17.3. The van der Waals surface area contributed by atoms with Gasteiger partial charge in [-0.15, -0.1) is 0 Å². The SMILES string of the molecule is COc1ccc(/C(O)=C2/C(=O)C(=O)N(c3ccc(F)cc3)C2c2ccccn2)cc1OC. The molecule has 0 saturated carbocycles. The molecule has 7 nitrogen and oxygen atoms in total. The molecule has 1 aromatic heterocycles. The van der Waals surface area contributed by atoms with Crippen LogP contribution in [0.15, 0.2) is 72.4 Å². The average molecular weight is 434 g/mol. The molecule has 1 fully saturated rings. The first kappa shape index (κ1) is 21.0. The Kier molecular flexibility index (Phi) is 5.59. The van der Waals surface area contributed by atoms with Crippen molar-refractivity contribution in [2.24, 2.45) is 0 Å². The van der Waals surface area contributed by atoms with Crippen LogP contribution in [0.25, 0.3) is 5.76 Å². The zero-order valence-electron chi connectivity index (χ0n) is 17.3. The quantitative estimate of drug-likeness (QED) is 0.373. The molecule has 162 valence electrons. The maximum Gasteiger partial charge on any atom is 0.300 e. The second-order valence-corrected chi connectivity index (χ2v) is 6.97. The van der Waals surface area contributed by atoms with E-state index in [1.54, 1.807) is 30.3 Å². The molecule has 0 bridgehead atoms. The number of aliphatic hydroxyl groups excluding tert-OH is 1. The molecular weight excluding hydrogens is 415 g/mol. The van der Waals surface area contributed by atoms with Gasteiger partial charge in [-0.3, -0.25) is 19.5 Å². The van der Waals surface area contributed by atoms with Crippen LogP contribution in [-0.4, -0.2) is 36.0 Å². The molecule has 1 amide bonds. The van der Waals surface area contributed by atoms with E-state index in [4.69, 9.17) is 9.47 Å². The predicted octanol–water partition coefficient (Wildman–Crippen LogP) is 3.86. The smallest absolute Gasteiger partial charge is 0.300 e. The van der Waals surface area contributed by atoms with Crippen molar-refractivity contribution in [3.8, 4) is 11.5 Å². The monoisotopic (exact) mass is 434 g/mol. The summed E-state index contributed by atoms with van der Waals surface area (Å²) in [6.07, 6.45) is 1.52. The lowest BCUT2D eigenvalue weighted by atomic mass is 9.98. The fraction of sp³-hybridized carbons (Fsp3) is 0.125. The normalized spacial score (nSPS) is 17.5. The third kappa shape index (κ3) is 3.56. The number of pyridine rings is 1. The summed E-state index contributed by atoms with van der Waals surface area (Å²) in [6, 6.07) is 13.9. The molecule has 1 aliphatic rings. The van der Waals surface area contributed by atoms with Gasteiger partial charge in [-0.05, 0) is 54.6 Å². The third-order valence-electron chi connectivity index (χ3n) is 5.17. The van der Waals surface area contributed by atoms with E-state index in [-0.39, 0.29) is 16.9 Å². The van der Waals surface area contributed by atoms with Crippen molar-refractivity contribution < 1.29 is 28.6 Å². The van der Waals surface area contributed by atoms with Gasteiger partial charge in [0.15, 0.2) is 11.5 Å². The van der Waals surface area contributed by atoms with Crippen molar-refractivity contribution in [2.75, 3.05) is 19.1 Å². The molecule has 0 radical (unpaired) electrons. The van der Waals surface area contributed by atoms with Crippen LogP contribution in [0.2, 0.25) is 0 Å². The van der Waals surface area contributed by atoms with E-state index in [0.717, 1.165) is 0 Å². The van der Waals surface area contributed by atoms with Crippen molar-refractivity contribution in [3.63, 3.8) is 0 Å². The highest BCUT2D eigenvalue weighted by molar-refractivity contribution is 6.51. The van der Waals surface area contributed by atoms with Crippen LogP contribution < -0.4 is 14.4 Å². The average Bonchev–Trinajstić information content (AvgIpc) is 3.09. The number of Topliss-reactive ketones (excluding diaryl/α,β-unsaturated/α-hetero) is 1. The molecule has 1 saturated heterocycles. The maximum absolute atomic E-state index is 13.5. The Hall–Kier alpha value is -4.20. The molecule has 1 N–H and O–H groups in total. The van der Waals surface area contributed by atoms with Gasteiger partial charge >= 0.3 is 0 Å². The molecule has 4 rings (SSSR count). The van der Waals surface area contributed by atoms with Crippen LogP contribution in [0.4, 0.5) is 10.1 Å². The van der Waals surface area contributed by atoms with E-state index < -0.39 is 23.5 Å². The molecular formula is C24H19FN2O5. The lowest BCUT2D eigenvalue weighted by Crippen LogP contribution is -2.29. The van der Waals surface area contributed by atoms with Gasteiger partial charge in [0.25, 0.3) is 11.7 Å². The fourth-order valence-electron chi connectivity index (χ4n) is 3.66. The third-order valence-corrected chi connectivity index (χ3v) is 5.17. The summed E-state index contributed by atoms with van der Waals surface area (Å²) in [5.41, 5.74) is 0.805. The number of ketones is 1. The Morgan fingerprint density at radius 2 is 1.72 bits per heavy atom. The topological polar surface area (TPSA) is 89.0 Å². The summed E-state index contributed by atoms with van der Waals surface area (Å²) in [5, 5.41) is 11.1. The van der Waals surface area contributed by atoms with Crippen molar-refractivity contribution in [1.29, 1.82) is 0 Å². The Labute approximate surface area is 183 Å². The number of aliphatic hydroxyl groups is 1. The largest absolute Gasteiger partial charge is 0.507 e. The van der Waals surface area contributed by atoms with Crippen LogP contribution in [-0.2, 0) is 9.59 Å². The van der Waals surface area contributed by atoms with Crippen LogP contribution >= 0.6 is 0 Å². The molecule has 2 aromatic carbocycles. The first-order valence-electron chi connectivity index (χ1n) is 9.66. The van der Waals surface area contributed by atoms with E-state index in [1.165, 1.54) is 55.6 Å². The van der Waals surface area contributed by atoms with Crippen molar-refractivity contribution >= 4 is 23.1 Å². The fourth-order valence-corrected chi connectivity index (χ4v) is 3.66. The standard InChI is InChI=1S/C24H19FN2O5/c1-31-18-11-6-14(13-19(18)32-2)22(28)20-21(17-5-3-4-12-26-17)27(24(30)23(20)29)16-9-7-15(25)8-10-16/h3-13,21,28H,1-2H3/b22-20-.